The van der Waals surface area contributed by atoms with Gasteiger partial charge in [-0.25, -0.2) is 4.39 Å². The fourth-order valence-electron chi connectivity index (χ4n) is 6.04. The summed E-state index contributed by atoms with van der Waals surface area (Å²) in [6.07, 6.45) is 14.4. The Labute approximate surface area is 297 Å². The molecule has 0 atom stereocenters. The Kier molecular flexibility index (Phi) is 7.78. The number of halogens is 1. The third kappa shape index (κ3) is 6.05. The van der Waals surface area contributed by atoms with Gasteiger partial charge in [0, 0.05) is 77.4 Å². The number of aromatic nitrogens is 9. The number of hydrogen-bond acceptors (Lipinski definition) is 8. The number of nitrogens with zero attached hydrogens (tertiary/aromatic N) is 9. The minimum Gasteiger partial charge on any atom is -0.265 e. The molecule has 0 spiro atoms. The van der Waals surface area contributed by atoms with Crippen molar-refractivity contribution in [2.45, 2.75) is 0 Å². The lowest BCUT2D eigenvalue weighted by atomic mass is 9.98. The minimum atomic E-state index is -0.327. The molecule has 9 rings (SSSR count). The predicted molar refractivity (Wildman–Crippen MR) is 198 cm³/mol. The van der Waals surface area contributed by atoms with Crippen LogP contribution < -0.4 is 0 Å². The standard InChI is InChI=1S/C42H26FN9/c43-34-5-7-35(8-6-34)52-50-41-22-33(31-3-11-39(48-25-31)37-9-1-29(23-46-37)27-13-17-44-18-14-27)21-36(42(41)51-52)32-4-12-40(49-26-32)38-10-2-30(24-47-38)28-15-19-45-20-16-28/h1-26H. The zero-order chi connectivity index (χ0) is 34.9. The van der Waals surface area contributed by atoms with Crippen LogP contribution in [0.4, 0.5) is 4.39 Å². The molecular formula is C42H26FN9. The molecule has 2 aromatic carbocycles. The average Bonchev–Trinajstić information content (AvgIpc) is 3.66. The van der Waals surface area contributed by atoms with Crippen LogP contribution in [0, 0.1) is 5.82 Å². The van der Waals surface area contributed by atoms with Crippen molar-refractivity contribution in [1.82, 2.24) is 44.9 Å². The topological polar surface area (TPSA) is 108 Å². The SMILES string of the molecule is Fc1ccc(-n2nc3cc(-c4ccc(-c5ccc(-c6ccncc6)cn5)nc4)cc(-c4ccc(-c5ccc(-c6ccncc6)cn5)nc4)c3n2)cc1. The van der Waals surface area contributed by atoms with Gasteiger partial charge in [0.1, 0.15) is 16.9 Å². The van der Waals surface area contributed by atoms with Gasteiger partial charge in [-0.3, -0.25) is 29.9 Å². The van der Waals surface area contributed by atoms with Crippen molar-refractivity contribution in [3.05, 3.63) is 165 Å². The van der Waals surface area contributed by atoms with E-state index < -0.39 is 0 Å². The summed E-state index contributed by atoms with van der Waals surface area (Å²) in [6.45, 7) is 0. The zero-order valence-electron chi connectivity index (χ0n) is 27.4. The van der Waals surface area contributed by atoms with Gasteiger partial charge in [-0.15, -0.1) is 10.2 Å². The van der Waals surface area contributed by atoms with E-state index in [1.807, 2.05) is 104 Å². The van der Waals surface area contributed by atoms with Crippen molar-refractivity contribution >= 4 is 11.0 Å². The van der Waals surface area contributed by atoms with Gasteiger partial charge in [-0.2, -0.15) is 4.80 Å². The molecule has 0 aliphatic carbocycles. The molecule has 0 unspecified atom stereocenters. The number of fused-ring (bicyclic) bond motifs is 1. The second-order valence-corrected chi connectivity index (χ2v) is 12.1. The molecule has 7 heterocycles. The van der Waals surface area contributed by atoms with Crippen LogP contribution in [0.3, 0.4) is 0 Å². The fourth-order valence-corrected chi connectivity index (χ4v) is 6.04. The fraction of sp³-hybridized carbons (Fsp3) is 0. The molecule has 0 amide bonds. The van der Waals surface area contributed by atoms with Crippen molar-refractivity contribution in [3.8, 4) is 73.0 Å². The molecule has 9 aromatic rings. The molecule has 0 fully saturated rings. The predicted octanol–water partition coefficient (Wildman–Crippen LogP) is 8.93. The van der Waals surface area contributed by atoms with E-state index in [0.717, 1.165) is 67.3 Å². The summed E-state index contributed by atoms with van der Waals surface area (Å²) in [6, 6.07) is 33.9. The zero-order valence-corrected chi connectivity index (χ0v) is 27.4. The van der Waals surface area contributed by atoms with Crippen LogP contribution in [0.15, 0.2) is 159 Å². The second kappa shape index (κ2) is 13.2. The molecule has 0 bridgehead atoms. The molecule has 246 valence electrons. The first kappa shape index (κ1) is 30.7. The maximum absolute atomic E-state index is 13.7. The summed E-state index contributed by atoms with van der Waals surface area (Å²) in [5.41, 5.74) is 12.7. The van der Waals surface area contributed by atoms with E-state index >= 15 is 0 Å². The summed E-state index contributed by atoms with van der Waals surface area (Å²) < 4.78 is 13.7. The van der Waals surface area contributed by atoms with Crippen LogP contribution >= 0.6 is 0 Å². The monoisotopic (exact) mass is 675 g/mol. The van der Waals surface area contributed by atoms with Crippen LogP contribution in [0.2, 0.25) is 0 Å². The smallest absolute Gasteiger partial charge is 0.123 e. The van der Waals surface area contributed by atoms with E-state index in [-0.39, 0.29) is 5.82 Å². The molecule has 52 heavy (non-hydrogen) atoms. The highest BCUT2D eigenvalue weighted by molar-refractivity contribution is 5.95. The molecule has 0 aliphatic rings. The van der Waals surface area contributed by atoms with Crippen LogP contribution in [0.5, 0.6) is 0 Å². The van der Waals surface area contributed by atoms with Crippen LogP contribution in [-0.2, 0) is 0 Å². The lowest BCUT2D eigenvalue weighted by Crippen LogP contribution is -1.98. The summed E-state index contributed by atoms with van der Waals surface area (Å²) >= 11 is 0. The molecule has 0 radical (unpaired) electrons. The Morgan fingerprint density at radius 3 is 1.33 bits per heavy atom. The van der Waals surface area contributed by atoms with E-state index in [1.165, 1.54) is 16.9 Å². The summed E-state index contributed by atoms with van der Waals surface area (Å²) in [4.78, 5) is 28.6. The highest BCUT2D eigenvalue weighted by Gasteiger charge is 2.16. The summed E-state index contributed by atoms with van der Waals surface area (Å²) in [5.74, 6) is -0.327. The van der Waals surface area contributed by atoms with E-state index in [0.29, 0.717) is 16.7 Å². The van der Waals surface area contributed by atoms with E-state index in [4.69, 9.17) is 20.2 Å². The van der Waals surface area contributed by atoms with Crippen molar-refractivity contribution in [2.24, 2.45) is 0 Å². The van der Waals surface area contributed by atoms with Crippen LogP contribution in [0.25, 0.3) is 84.0 Å². The molecule has 9 nitrogen and oxygen atoms in total. The summed E-state index contributed by atoms with van der Waals surface area (Å²) in [7, 11) is 0. The van der Waals surface area contributed by atoms with Gasteiger partial charge in [-0.1, -0.05) is 24.3 Å². The maximum Gasteiger partial charge on any atom is 0.123 e. The van der Waals surface area contributed by atoms with Gasteiger partial charge in [0.05, 0.1) is 28.5 Å². The second-order valence-electron chi connectivity index (χ2n) is 12.1. The quantitative estimate of drug-likeness (QED) is 0.165. The first-order valence-electron chi connectivity index (χ1n) is 16.5. The molecule has 7 aromatic heterocycles. The lowest BCUT2D eigenvalue weighted by molar-refractivity contribution is 0.626. The highest BCUT2D eigenvalue weighted by Crippen LogP contribution is 2.34. The van der Waals surface area contributed by atoms with E-state index in [1.54, 1.807) is 36.9 Å². The van der Waals surface area contributed by atoms with Gasteiger partial charge < -0.3 is 0 Å². The van der Waals surface area contributed by atoms with Crippen LogP contribution in [0.1, 0.15) is 0 Å². The normalized spacial score (nSPS) is 11.2. The van der Waals surface area contributed by atoms with E-state index in [9.17, 15) is 4.39 Å². The molecule has 0 N–H and O–H groups in total. The van der Waals surface area contributed by atoms with Crippen molar-refractivity contribution in [1.29, 1.82) is 0 Å². The average molecular weight is 676 g/mol. The Balaban J connectivity index is 1.06. The van der Waals surface area contributed by atoms with Gasteiger partial charge in [0.15, 0.2) is 0 Å². The van der Waals surface area contributed by atoms with Crippen molar-refractivity contribution in [3.63, 3.8) is 0 Å². The Bertz CT molecular complexity index is 2630. The third-order valence-corrected chi connectivity index (χ3v) is 8.79. The molecule has 0 saturated heterocycles. The Hall–Kier alpha value is -7.33. The van der Waals surface area contributed by atoms with Crippen LogP contribution in [-0.4, -0.2) is 44.9 Å². The van der Waals surface area contributed by atoms with Gasteiger partial charge >= 0.3 is 0 Å². The first-order chi connectivity index (χ1) is 25.6. The molecular weight excluding hydrogens is 650 g/mol. The number of benzene rings is 2. The van der Waals surface area contributed by atoms with Gasteiger partial charge in [0.25, 0.3) is 0 Å². The Morgan fingerprint density at radius 1 is 0.404 bits per heavy atom. The number of hydrogen-bond donors (Lipinski definition) is 0. The number of pyridine rings is 6. The minimum absolute atomic E-state index is 0.327. The maximum atomic E-state index is 13.7. The third-order valence-electron chi connectivity index (χ3n) is 8.79. The van der Waals surface area contributed by atoms with Gasteiger partial charge in [-0.05, 0) is 102 Å². The van der Waals surface area contributed by atoms with Crippen molar-refractivity contribution in [2.75, 3.05) is 0 Å². The highest BCUT2D eigenvalue weighted by atomic mass is 19.1. The van der Waals surface area contributed by atoms with Gasteiger partial charge in [0.2, 0.25) is 0 Å². The first-order valence-corrected chi connectivity index (χ1v) is 16.5. The lowest BCUT2D eigenvalue weighted by Gasteiger charge is -2.09. The molecule has 10 heteroatoms. The molecule has 0 aliphatic heterocycles. The van der Waals surface area contributed by atoms with Crippen molar-refractivity contribution < 1.29 is 4.39 Å². The Morgan fingerprint density at radius 2 is 0.865 bits per heavy atom. The summed E-state index contributed by atoms with van der Waals surface area (Å²) in [5, 5.41) is 9.63. The molecule has 0 saturated carbocycles. The number of rotatable bonds is 7. The largest absolute Gasteiger partial charge is 0.265 e. The van der Waals surface area contributed by atoms with E-state index in [2.05, 4.69) is 26.0 Å².